The standard InChI is InChI=1S/C14H20FNOS/c1-2-16-12(5-7-15)14(17)11-4-3-10-6-8-18-13(10)9-11/h3-4,9,12,14,16-17H,2,5-8H2,1H3. The van der Waals surface area contributed by atoms with Gasteiger partial charge >= 0.3 is 0 Å². The van der Waals surface area contributed by atoms with Crippen molar-refractivity contribution in [2.75, 3.05) is 19.0 Å². The molecule has 1 aliphatic rings. The predicted octanol–water partition coefficient (Wildman–Crippen LogP) is 2.71. The molecule has 0 saturated carbocycles. The van der Waals surface area contributed by atoms with E-state index in [1.165, 1.54) is 10.5 Å². The van der Waals surface area contributed by atoms with Crippen molar-refractivity contribution in [3.8, 4) is 0 Å². The lowest BCUT2D eigenvalue weighted by atomic mass is 9.98. The number of aliphatic hydroxyl groups is 1. The zero-order chi connectivity index (χ0) is 13.0. The summed E-state index contributed by atoms with van der Waals surface area (Å²) in [6.45, 7) is 2.30. The molecule has 0 fully saturated rings. The zero-order valence-corrected chi connectivity index (χ0v) is 11.5. The summed E-state index contributed by atoms with van der Waals surface area (Å²) in [5, 5.41) is 13.5. The first-order valence-corrected chi connectivity index (χ1v) is 7.48. The average molecular weight is 269 g/mol. The number of thioether (sulfide) groups is 1. The molecule has 1 aromatic rings. The van der Waals surface area contributed by atoms with Crippen LogP contribution in [0.3, 0.4) is 0 Å². The van der Waals surface area contributed by atoms with Crippen LogP contribution in [0.2, 0.25) is 0 Å². The van der Waals surface area contributed by atoms with Gasteiger partial charge in [0.2, 0.25) is 0 Å². The summed E-state index contributed by atoms with van der Waals surface area (Å²) in [6.07, 6.45) is 0.823. The van der Waals surface area contributed by atoms with Crippen LogP contribution in [-0.2, 0) is 6.42 Å². The highest BCUT2D eigenvalue weighted by molar-refractivity contribution is 7.99. The van der Waals surface area contributed by atoms with Crippen LogP contribution < -0.4 is 5.32 Å². The summed E-state index contributed by atoms with van der Waals surface area (Å²) in [5.74, 6) is 1.12. The van der Waals surface area contributed by atoms with Crippen LogP contribution in [0.1, 0.15) is 30.6 Å². The first-order chi connectivity index (χ1) is 8.76. The second-order valence-corrected chi connectivity index (χ2v) is 5.69. The lowest BCUT2D eigenvalue weighted by Crippen LogP contribution is -2.35. The van der Waals surface area contributed by atoms with E-state index in [2.05, 4.69) is 17.4 Å². The Morgan fingerprint density at radius 2 is 2.33 bits per heavy atom. The molecule has 1 aromatic carbocycles. The van der Waals surface area contributed by atoms with Gasteiger partial charge in [-0.2, -0.15) is 0 Å². The number of hydrogen-bond donors (Lipinski definition) is 2. The maximum absolute atomic E-state index is 12.5. The van der Waals surface area contributed by atoms with Crippen LogP contribution in [0.25, 0.3) is 0 Å². The smallest absolute Gasteiger partial charge is 0.0944 e. The SMILES string of the molecule is CCNC(CCF)C(O)c1ccc2c(c1)SCC2. The normalized spacial score (nSPS) is 17.5. The first kappa shape index (κ1) is 13.8. The van der Waals surface area contributed by atoms with Crippen LogP contribution in [0.4, 0.5) is 4.39 Å². The highest BCUT2D eigenvalue weighted by Crippen LogP contribution is 2.34. The molecule has 1 aliphatic heterocycles. The van der Waals surface area contributed by atoms with Crippen LogP contribution >= 0.6 is 11.8 Å². The minimum atomic E-state index is -0.632. The van der Waals surface area contributed by atoms with E-state index < -0.39 is 12.8 Å². The Balaban J connectivity index is 2.13. The predicted molar refractivity (Wildman–Crippen MR) is 73.9 cm³/mol. The van der Waals surface area contributed by atoms with Gasteiger partial charge < -0.3 is 10.4 Å². The average Bonchev–Trinajstić information content (AvgIpc) is 2.84. The number of fused-ring (bicyclic) bond motifs is 1. The third-order valence-corrected chi connectivity index (χ3v) is 4.43. The molecule has 0 spiro atoms. The summed E-state index contributed by atoms with van der Waals surface area (Å²) in [6, 6.07) is 5.91. The zero-order valence-electron chi connectivity index (χ0n) is 10.7. The van der Waals surface area contributed by atoms with Gasteiger partial charge in [-0.1, -0.05) is 19.1 Å². The lowest BCUT2D eigenvalue weighted by molar-refractivity contribution is 0.120. The van der Waals surface area contributed by atoms with E-state index in [4.69, 9.17) is 0 Å². The third-order valence-electron chi connectivity index (χ3n) is 3.33. The van der Waals surface area contributed by atoms with Crippen molar-refractivity contribution >= 4 is 11.8 Å². The van der Waals surface area contributed by atoms with E-state index in [0.717, 1.165) is 24.3 Å². The highest BCUT2D eigenvalue weighted by atomic mass is 32.2. The Bertz CT molecular complexity index is 393. The Labute approximate surface area is 112 Å². The molecule has 0 radical (unpaired) electrons. The number of benzene rings is 1. The van der Waals surface area contributed by atoms with E-state index in [-0.39, 0.29) is 6.04 Å². The molecule has 100 valence electrons. The fourth-order valence-electron chi connectivity index (χ4n) is 2.35. The number of nitrogens with one attached hydrogen (secondary N) is 1. The summed E-state index contributed by atoms with van der Waals surface area (Å²) >= 11 is 1.83. The van der Waals surface area contributed by atoms with Crippen molar-refractivity contribution in [2.24, 2.45) is 0 Å². The molecular weight excluding hydrogens is 249 g/mol. The van der Waals surface area contributed by atoms with Crippen molar-refractivity contribution in [1.29, 1.82) is 0 Å². The van der Waals surface area contributed by atoms with Crippen molar-refractivity contribution in [3.63, 3.8) is 0 Å². The van der Waals surface area contributed by atoms with E-state index in [1.807, 2.05) is 24.8 Å². The van der Waals surface area contributed by atoms with E-state index in [9.17, 15) is 9.50 Å². The molecule has 1 heterocycles. The topological polar surface area (TPSA) is 32.3 Å². The van der Waals surface area contributed by atoms with Crippen molar-refractivity contribution < 1.29 is 9.50 Å². The van der Waals surface area contributed by atoms with Crippen LogP contribution in [0.15, 0.2) is 23.1 Å². The number of alkyl halides is 1. The summed E-state index contributed by atoms with van der Waals surface area (Å²) in [5.41, 5.74) is 2.25. The van der Waals surface area contributed by atoms with Crippen LogP contribution in [0, 0.1) is 0 Å². The van der Waals surface area contributed by atoms with Crippen molar-refractivity contribution in [2.45, 2.75) is 36.8 Å². The van der Waals surface area contributed by atoms with Crippen LogP contribution in [0.5, 0.6) is 0 Å². The number of rotatable bonds is 6. The van der Waals surface area contributed by atoms with Gasteiger partial charge in [-0.15, -0.1) is 11.8 Å². The summed E-state index contributed by atoms with van der Waals surface area (Å²) < 4.78 is 12.5. The van der Waals surface area contributed by atoms with Gasteiger partial charge in [-0.25, -0.2) is 0 Å². The third kappa shape index (κ3) is 3.05. The second kappa shape index (κ2) is 6.55. The molecule has 0 amide bonds. The quantitative estimate of drug-likeness (QED) is 0.833. The molecular formula is C14H20FNOS. The monoisotopic (exact) mass is 269 g/mol. The minimum Gasteiger partial charge on any atom is -0.387 e. The Hall–Kier alpha value is -0.580. The number of aryl methyl sites for hydroxylation is 1. The van der Waals surface area contributed by atoms with E-state index in [1.54, 1.807) is 0 Å². The second-order valence-electron chi connectivity index (χ2n) is 4.55. The molecule has 0 saturated heterocycles. The largest absolute Gasteiger partial charge is 0.387 e. The molecule has 2 atom stereocenters. The molecule has 0 aromatic heterocycles. The van der Waals surface area contributed by atoms with Crippen molar-refractivity contribution in [1.82, 2.24) is 5.32 Å². The highest BCUT2D eigenvalue weighted by Gasteiger charge is 2.21. The molecule has 4 heteroatoms. The number of halogens is 1. The summed E-state index contributed by atoms with van der Waals surface area (Å²) in [4.78, 5) is 1.27. The maximum Gasteiger partial charge on any atom is 0.0944 e. The minimum absolute atomic E-state index is 0.204. The fraction of sp³-hybridized carbons (Fsp3) is 0.571. The molecule has 2 unspecified atom stereocenters. The fourth-order valence-corrected chi connectivity index (χ4v) is 3.47. The number of hydrogen-bond acceptors (Lipinski definition) is 3. The maximum atomic E-state index is 12.5. The van der Waals surface area contributed by atoms with Gasteiger partial charge in [0.1, 0.15) is 0 Å². The number of likely N-dealkylation sites (N-methyl/N-ethyl adjacent to an activating group) is 1. The van der Waals surface area contributed by atoms with Gasteiger partial charge in [0, 0.05) is 16.7 Å². The van der Waals surface area contributed by atoms with Gasteiger partial charge in [-0.3, -0.25) is 4.39 Å². The lowest BCUT2D eigenvalue weighted by Gasteiger charge is -2.23. The Kier molecular flexibility index (Phi) is 5.03. The van der Waals surface area contributed by atoms with Gasteiger partial charge in [-0.05, 0) is 36.6 Å². The Morgan fingerprint density at radius 3 is 3.06 bits per heavy atom. The molecule has 0 bridgehead atoms. The Morgan fingerprint density at radius 1 is 1.50 bits per heavy atom. The van der Waals surface area contributed by atoms with Gasteiger partial charge in [0.05, 0.1) is 12.8 Å². The molecule has 2 nitrogen and oxygen atoms in total. The van der Waals surface area contributed by atoms with Gasteiger partial charge in [0.15, 0.2) is 0 Å². The van der Waals surface area contributed by atoms with E-state index in [0.29, 0.717) is 6.42 Å². The number of aliphatic hydroxyl groups excluding tert-OH is 1. The van der Waals surface area contributed by atoms with Crippen LogP contribution in [-0.4, -0.2) is 30.1 Å². The summed E-state index contributed by atoms with van der Waals surface area (Å²) in [7, 11) is 0. The molecule has 0 aliphatic carbocycles. The van der Waals surface area contributed by atoms with Crippen molar-refractivity contribution in [3.05, 3.63) is 29.3 Å². The van der Waals surface area contributed by atoms with E-state index >= 15 is 0 Å². The van der Waals surface area contributed by atoms with Gasteiger partial charge in [0.25, 0.3) is 0 Å². The molecule has 18 heavy (non-hydrogen) atoms. The molecule has 2 rings (SSSR count). The first-order valence-electron chi connectivity index (χ1n) is 6.49. The molecule has 2 N–H and O–H groups in total.